The SMILES string of the molecule is CC(C)(C)OC(=O)N1CCC(c2ccc(OCCCOc3ccccc3)cc2)C(O)C1. The molecule has 6 heteroatoms. The number of carbonyl (C=O) groups excluding carboxylic acids is 1. The predicted octanol–water partition coefficient (Wildman–Crippen LogP) is 4.62. The second kappa shape index (κ2) is 10.5. The number of benzene rings is 2. The highest BCUT2D eigenvalue weighted by Gasteiger charge is 2.33. The number of piperidine rings is 1. The summed E-state index contributed by atoms with van der Waals surface area (Å²) in [5.74, 6) is 1.65. The van der Waals surface area contributed by atoms with E-state index < -0.39 is 11.7 Å². The third-order valence-electron chi connectivity index (χ3n) is 5.11. The van der Waals surface area contributed by atoms with Crippen LogP contribution < -0.4 is 9.47 Å². The molecule has 0 bridgehead atoms. The van der Waals surface area contributed by atoms with Crippen molar-refractivity contribution in [3.05, 3.63) is 60.2 Å². The number of rotatable bonds is 7. The zero-order chi connectivity index (χ0) is 22.3. The highest BCUT2D eigenvalue weighted by atomic mass is 16.6. The van der Waals surface area contributed by atoms with Crippen LogP contribution in [0.1, 0.15) is 45.1 Å². The standard InChI is InChI=1S/C25H33NO5/c1-25(2,3)31-24(28)26-15-14-22(23(27)18-26)19-10-12-21(13-11-19)30-17-7-16-29-20-8-5-4-6-9-20/h4-6,8-13,22-23,27H,7,14-18H2,1-3H3. The van der Waals surface area contributed by atoms with Crippen LogP contribution in [0.3, 0.4) is 0 Å². The molecule has 0 radical (unpaired) electrons. The molecule has 0 spiro atoms. The molecular weight excluding hydrogens is 394 g/mol. The van der Waals surface area contributed by atoms with Crippen LogP contribution in [0, 0.1) is 0 Å². The second-order valence-corrected chi connectivity index (χ2v) is 8.82. The van der Waals surface area contributed by atoms with Gasteiger partial charge in [0.15, 0.2) is 0 Å². The van der Waals surface area contributed by atoms with Crippen LogP contribution >= 0.6 is 0 Å². The van der Waals surface area contributed by atoms with Gasteiger partial charge < -0.3 is 24.2 Å². The van der Waals surface area contributed by atoms with Crippen molar-refractivity contribution in [3.63, 3.8) is 0 Å². The summed E-state index contributed by atoms with van der Waals surface area (Å²) in [5, 5.41) is 10.6. The topological polar surface area (TPSA) is 68.2 Å². The lowest BCUT2D eigenvalue weighted by Gasteiger charge is -2.36. The Balaban J connectivity index is 1.42. The molecule has 2 aromatic carbocycles. The van der Waals surface area contributed by atoms with E-state index in [1.54, 1.807) is 4.90 Å². The number of β-amino-alcohol motifs (C(OH)–C–C–N with tert-alkyl or cyclic N) is 1. The number of aliphatic hydroxyl groups excluding tert-OH is 1. The summed E-state index contributed by atoms with van der Waals surface area (Å²) in [4.78, 5) is 13.8. The number of amides is 1. The quantitative estimate of drug-likeness (QED) is 0.653. The summed E-state index contributed by atoms with van der Waals surface area (Å²) in [6.45, 7) is 7.54. The van der Waals surface area contributed by atoms with Gasteiger partial charge in [-0.1, -0.05) is 30.3 Å². The fourth-order valence-electron chi connectivity index (χ4n) is 3.58. The predicted molar refractivity (Wildman–Crippen MR) is 120 cm³/mol. The van der Waals surface area contributed by atoms with Gasteiger partial charge in [-0.15, -0.1) is 0 Å². The first-order chi connectivity index (χ1) is 14.8. The average molecular weight is 428 g/mol. The van der Waals surface area contributed by atoms with Gasteiger partial charge in [-0.25, -0.2) is 4.79 Å². The lowest BCUT2D eigenvalue weighted by atomic mass is 9.87. The molecule has 1 saturated heterocycles. The molecule has 6 nitrogen and oxygen atoms in total. The van der Waals surface area contributed by atoms with E-state index in [4.69, 9.17) is 14.2 Å². The first-order valence-electron chi connectivity index (χ1n) is 10.9. The number of ether oxygens (including phenoxy) is 3. The molecule has 31 heavy (non-hydrogen) atoms. The van der Waals surface area contributed by atoms with Gasteiger partial charge in [-0.2, -0.15) is 0 Å². The number of para-hydroxylation sites is 1. The summed E-state index contributed by atoms with van der Waals surface area (Å²) in [6, 6.07) is 17.6. The van der Waals surface area contributed by atoms with Gasteiger partial charge in [0.1, 0.15) is 17.1 Å². The maximum atomic E-state index is 12.2. The van der Waals surface area contributed by atoms with Crippen molar-refractivity contribution in [1.82, 2.24) is 4.90 Å². The van der Waals surface area contributed by atoms with Crippen LogP contribution in [0.5, 0.6) is 11.5 Å². The van der Waals surface area contributed by atoms with E-state index in [1.807, 2.05) is 75.4 Å². The molecule has 1 fully saturated rings. The van der Waals surface area contributed by atoms with Crippen molar-refractivity contribution < 1.29 is 24.1 Å². The maximum absolute atomic E-state index is 12.2. The maximum Gasteiger partial charge on any atom is 0.410 e. The fraction of sp³-hybridized carbons (Fsp3) is 0.480. The highest BCUT2D eigenvalue weighted by Crippen LogP contribution is 2.30. The normalized spacial score (nSPS) is 19.0. The first-order valence-corrected chi connectivity index (χ1v) is 10.9. The lowest BCUT2D eigenvalue weighted by Crippen LogP contribution is -2.47. The van der Waals surface area contributed by atoms with E-state index in [0.29, 0.717) is 26.2 Å². The van der Waals surface area contributed by atoms with Crippen LogP contribution in [0.2, 0.25) is 0 Å². The molecule has 0 aliphatic carbocycles. The molecule has 2 unspecified atom stereocenters. The molecule has 1 heterocycles. The number of aliphatic hydroxyl groups is 1. The molecule has 0 saturated carbocycles. The Morgan fingerprint density at radius 2 is 1.61 bits per heavy atom. The molecule has 1 aliphatic rings. The minimum absolute atomic E-state index is 0.00740. The van der Waals surface area contributed by atoms with Crippen molar-refractivity contribution >= 4 is 6.09 Å². The first kappa shape index (κ1) is 22.9. The van der Waals surface area contributed by atoms with Gasteiger partial charge in [0.25, 0.3) is 0 Å². The summed E-state index contributed by atoms with van der Waals surface area (Å²) in [6.07, 6.45) is 0.490. The minimum atomic E-state index is -0.622. The molecule has 2 aromatic rings. The van der Waals surface area contributed by atoms with Gasteiger partial charge >= 0.3 is 6.09 Å². The number of carbonyl (C=O) groups is 1. The zero-order valence-corrected chi connectivity index (χ0v) is 18.6. The van der Waals surface area contributed by atoms with Crippen LogP contribution in [0.4, 0.5) is 4.79 Å². The highest BCUT2D eigenvalue weighted by molar-refractivity contribution is 5.68. The van der Waals surface area contributed by atoms with Gasteiger partial charge in [0.05, 0.1) is 25.9 Å². The Bertz CT molecular complexity index is 816. The van der Waals surface area contributed by atoms with Crippen molar-refractivity contribution in [2.24, 2.45) is 0 Å². The van der Waals surface area contributed by atoms with E-state index in [9.17, 15) is 9.90 Å². The Morgan fingerprint density at radius 3 is 2.19 bits per heavy atom. The van der Waals surface area contributed by atoms with Crippen molar-refractivity contribution in [3.8, 4) is 11.5 Å². The fourth-order valence-corrected chi connectivity index (χ4v) is 3.58. The zero-order valence-electron chi connectivity index (χ0n) is 18.6. The smallest absolute Gasteiger partial charge is 0.410 e. The summed E-state index contributed by atoms with van der Waals surface area (Å²) < 4.78 is 16.9. The average Bonchev–Trinajstić information content (AvgIpc) is 2.73. The van der Waals surface area contributed by atoms with Gasteiger partial charge in [0, 0.05) is 18.9 Å². The van der Waals surface area contributed by atoms with E-state index >= 15 is 0 Å². The molecule has 3 rings (SSSR count). The molecule has 1 aliphatic heterocycles. The molecule has 0 aromatic heterocycles. The lowest BCUT2D eigenvalue weighted by molar-refractivity contribution is -0.00152. The van der Waals surface area contributed by atoms with Gasteiger partial charge in [-0.05, 0) is 57.0 Å². The summed E-state index contributed by atoms with van der Waals surface area (Å²) in [7, 11) is 0. The third kappa shape index (κ3) is 7.17. The number of nitrogens with zero attached hydrogens (tertiary/aromatic N) is 1. The Labute approximate surface area is 184 Å². The van der Waals surface area contributed by atoms with Crippen molar-refractivity contribution in [1.29, 1.82) is 0 Å². The number of likely N-dealkylation sites (tertiary alicyclic amines) is 1. The molecule has 1 N–H and O–H groups in total. The van der Waals surface area contributed by atoms with Crippen molar-refractivity contribution in [2.75, 3.05) is 26.3 Å². The minimum Gasteiger partial charge on any atom is -0.493 e. The van der Waals surface area contributed by atoms with Crippen LogP contribution in [0.25, 0.3) is 0 Å². The Kier molecular flexibility index (Phi) is 7.80. The summed E-state index contributed by atoms with van der Waals surface area (Å²) >= 11 is 0. The van der Waals surface area contributed by atoms with E-state index in [-0.39, 0.29) is 18.6 Å². The van der Waals surface area contributed by atoms with Crippen LogP contribution in [0.15, 0.2) is 54.6 Å². The second-order valence-electron chi connectivity index (χ2n) is 8.82. The van der Waals surface area contributed by atoms with Gasteiger partial charge in [-0.3, -0.25) is 0 Å². The van der Waals surface area contributed by atoms with Crippen molar-refractivity contribution in [2.45, 2.75) is 51.2 Å². The Hall–Kier alpha value is -2.73. The van der Waals surface area contributed by atoms with Crippen LogP contribution in [-0.4, -0.2) is 54.1 Å². The number of hydrogen-bond donors (Lipinski definition) is 1. The Morgan fingerprint density at radius 1 is 1.00 bits per heavy atom. The molecule has 2 atom stereocenters. The molecule has 1 amide bonds. The van der Waals surface area contributed by atoms with Gasteiger partial charge in [0.2, 0.25) is 0 Å². The molecule has 168 valence electrons. The monoisotopic (exact) mass is 427 g/mol. The third-order valence-corrected chi connectivity index (χ3v) is 5.11. The number of hydrogen-bond acceptors (Lipinski definition) is 5. The van der Waals surface area contributed by atoms with E-state index in [0.717, 1.165) is 23.5 Å². The van der Waals surface area contributed by atoms with Crippen LogP contribution in [-0.2, 0) is 4.74 Å². The van der Waals surface area contributed by atoms with E-state index in [1.165, 1.54) is 0 Å². The molecular formula is C25H33NO5. The van der Waals surface area contributed by atoms with E-state index in [2.05, 4.69) is 0 Å². The summed E-state index contributed by atoms with van der Waals surface area (Å²) in [5.41, 5.74) is 0.513. The largest absolute Gasteiger partial charge is 0.493 e.